The Bertz CT molecular complexity index is 1060. The molecular formula is C21H22N2O5S2. The summed E-state index contributed by atoms with van der Waals surface area (Å²) >= 11 is 1.56. The molecule has 1 aliphatic heterocycles. The smallest absolute Gasteiger partial charge is 0.338 e. The third-order valence-electron chi connectivity index (χ3n) is 4.53. The molecule has 9 heteroatoms. The number of hydrogen-bond donors (Lipinski definition) is 2. The van der Waals surface area contributed by atoms with Crippen molar-refractivity contribution >= 4 is 33.6 Å². The molecule has 2 aromatic rings. The first-order chi connectivity index (χ1) is 14.4. The number of carbonyl (C=O) groups is 2. The number of esters is 1. The molecule has 3 rings (SSSR count). The lowest BCUT2D eigenvalue weighted by molar-refractivity contribution is -0.139. The second-order valence-corrected chi connectivity index (χ2v) is 9.36. The van der Waals surface area contributed by atoms with Crippen LogP contribution in [0.1, 0.15) is 18.5 Å². The number of sulfone groups is 1. The zero-order valence-electron chi connectivity index (χ0n) is 16.5. The van der Waals surface area contributed by atoms with E-state index in [1.807, 2.05) is 18.4 Å². The maximum atomic E-state index is 12.9. The van der Waals surface area contributed by atoms with Crippen molar-refractivity contribution < 1.29 is 22.7 Å². The van der Waals surface area contributed by atoms with Gasteiger partial charge in [-0.25, -0.2) is 18.0 Å². The Hall–Kier alpha value is -2.78. The minimum atomic E-state index is -3.79. The largest absolute Gasteiger partial charge is 0.463 e. The second-order valence-electron chi connectivity index (χ2n) is 6.49. The average molecular weight is 447 g/mol. The number of hydrogen-bond acceptors (Lipinski definition) is 6. The molecule has 30 heavy (non-hydrogen) atoms. The molecule has 1 atom stereocenters. The summed E-state index contributed by atoms with van der Waals surface area (Å²) in [6.07, 6.45) is 1.94. The number of benzene rings is 2. The van der Waals surface area contributed by atoms with Gasteiger partial charge in [0.2, 0.25) is 0 Å². The van der Waals surface area contributed by atoms with E-state index in [0.29, 0.717) is 5.56 Å². The predicted octanol–water partition coefficient (Wildman–Crippen LogP) is 3.05. The molecule has 7 nitrogen and oxygen atoms in total. The van der Waals surface area contributed by atoms with Gasteiger partial charge in [-0.05, 0) is 43.0 Å². The maximum absolute atomic E-state index is 12.9. The first-order valence-corrected chi connectivity index (χ1v) is 12.1. The summed E-state index contributed by atoms with van der Waals surface area (Å²) in [5.74, 6) is -1.21. The quantitative estimate of drug-likeness (QED) is 0.501. The number of ether oxygens (including phenoxy) is 1. The van der Waals surface area contributed by atoms with E-state index in [9.17, 15) is 18.0 Å². The minimum absolute atomic E-state index is 0.0139. The van der Waals surface area contributed by atoms with Crippen molar-refractivity contribution in [3.05, 3.63) is 71.4 Å². The highest BCUT2D eigenvalue weighted by Gasteiger charge is 2.35. The van der Waals surface area contributed by atoms with Gasteiger partial charge in [0, 0.05) is 10.6 Å². The fraction of sp³-hybridized carbons (Fsp3) is 0.238. The number of rotatable bonds is 7. The summed E-state index contributed by atoms with van der Waals surface area (Å²) in [4.78, 5) is 26.2. The third-order valence-corrected chi connectivity index (χ3v) is 6.94. The standard InChI is InChI=1S/C21H22N2O5S2/c1-3-28-20(24)18-17(13-30(26,27)16-7-5-4-6-8-16)22-21(25)23-19(18)14-9-11-15(29-2)12-10-14/h4-12,19H,3,13H2,1-2H3,(H2,22,23,25)/t19-/m0/s1. The molecule has 0 fully saturated rings. The van der Waals surface area contributed by atoms with E-state index in [1.165, 1.54) is 12.1 Å². The van der Waals surface area contributed by atoms with E-state index in [-0.39, 0.29) is 22.8 Å². The molecule has 1 heterocycles. The lowest BCUT2D eigenvalue weighted by Crippen LogP contribution is -2.47. The third kappa shape index (κ3) is 4.85. The molecule has 2 amide bonds. The van der Waals surface area contributed by atoms with E-state index in [1.54, 1.807) is 49.0 Å². The molecule has 2 aromatic carbocycles. The molecule has 158 valence electrons. The van der Waals surface area contributed by atoms with Crippen LogP contribution >= 0.6 is 11.8 Å². The fourth-order valence-electron chi connectivity index (χ4n) is 3.13. The Balaban J connectivity index is 2.08. The molecule has 0 aliphatic carbocycles. The van der Waals surface area contributed by atoms with Gasteiger partial charge in [-0.15, -0.1) is 11.8 Å². The molecule has 0 radical (unpaired) electrons. The van der Waals surface area contributed by atoms with Crippen molar-refractivity contribution in [2.75, 3.05) is 18.6 Å². The van der Waals surface area contributed by atoms with Crippen molar-refractivity contribution in [1.29, 1.82) is 0 Å². The highest BCUT2D eigenvalue weighted by Crippen LogP contribution is 2.30. The van der Waals surface area contributed by atoms with Crippen molar-refractivity contribution in [2.45, 2.75) is 22.8 Å². The zero-order valence-corrected chi connectivity index (χ0v) is 18.2. The molecule has 2 N–H and O–H groups in total. The van der Waals surface area contributed by atoms with Crippen molar-refractivity contribution in [3.63, 3.8) is 0 Å². The van der Waals surface area contributed by atoms with Gasteiger partial charge < -0.3 is 15.4 Å². The van der Waals surface area contributed by atoms with E-state index >= 15 is 0 Å². The summed E-state index contributed by atoms with van der Waals surface area (Å²) in [5, 5.41) is 5.20. The number of nitrogens with one attached hydrogen (secondary N) is 2. The number of carbonyl (C=O) groups excluding carboxylic acids is 2. The summed E-state index contributed by atoms with van der Waals surface area (Å²) in [5.41, 5.74) is 0.744. The van der Waals surface area contributed by atoms with Gasteiger partial charge in [0.15, 0.2) is 9.84 Å². The van der Waals surface area contributed by atoms with Gasteiger partial charge in [-0.1, -0.05) is 30.3 Å². The van der Waals surface area contributed by atoms with Crippen LogP contribution in [0.4, 0.5) is 4.79 Å². The maximum Gasteiger partial charge on any atom is 0.338 e. The normalized spacial score (nSPS) is 16.6. The molecule has 0 spiro atoms. The van der Waals surface area contributed by atoms with Crippen LogP contribution < -0.4 is 10.6 Å². The molecule has 0 saturated carbocycles. The summed E-state index contributed by atoms with van der Waals surface area (Å²) in [6, 6.07) is 13.8. The van der Waals surface area contributed by atoms with E-state index < -0.39 is 33.6 Å². The zero-order chi connectivity index (χ0) is 21.7. The van der Waals surface area contributed by atoms with Gasteiger partial charge in [0.05, 0.1) is 28.9 Å². The molecular weight excluding hydrogens is 424 g/mol. The van der Waals surface area contributed by atoms with Crippen molar-refractivity contribution in [2.24, 2.45) is 0 Å². The number of amides is 2. The first kappa shape index (κ1) is 21.9. The van der Waals surface area contributed by atoms with Crippen molar-refractivity contribution in [3.8, 4) is 0 Å². The van der Waals surface area contributed by atoms with Gasteiger partial charge in [0.25, 0.3) is 0 Å². The van der Waals surface area contributed by atoms with Crippen LogP contribution in [0.25, 0.3) is 0 Å². The lowest BCUT2D eigenvalue weighted by Gasteiger charge is -2.29. The lowest BCUT2D eigenvalue weighted by atomic mass is 9.95. The minimum Gasteiger partial charge on any atom is -0.463 e. The van der Waals surface area contributed by atoms with Gasteiger partial charge in [0.1, 0.15) is 0 Å². The highest BCUT2D eigenvalue weighted by atomic mass is 32.2. The fourth-order valence-corrected chi connectivity index (χ4v) is 4.88. The summed E-state index contributed by atoms with van der Waals surface area (Å²) < 4.78 is 31.0. The van der Waals surface area contributed by atoms with Gasteiger partial charge in [-0.2, -0.15) is 0 Å². The molecule has 0 saturated heterocycles. The van der Waals surface area contributed by atoms with Crippen LogP contribution in [-0.2, 0) is 19.4 Å². The number of thioether (sulfide) groups is 1. The van der Waals surface area contributed by atoms with Gasteiger partial charge >= 0.3 is 12.0 Å². The van der Waals surface area contributed by atoms with E-state index in [4.69, 9.17) is 4.74 Å². The molecule has 0 bridgehead atoms. The summed E-state index contributed by atoms with van der Waals surface area (Å²) in [7, 11) is -3.79. The number of urea groups is 1. The van der Waals surface area contributed by atoms with E-state index in [0.717, 1.165) is 4.90 Å². The predicted molar refractivity (Wildman–Crippen MR) is 115 cm³/mol. The Morgan fingerprint density at radius 1 is 1.10 bits per heavy atom. The molecule has 0 unspecified atom stereocenters. The Morgan fingerprint density at radius 2 is 1.77 bits per heavy atom. The Labute approximate surface area is 179 Å². The van der Waals surface area contributed by atoms with Crippen LogP contribution in [-0.4, -0.2) is 39.0 Å². The monoisotopic (exact) mass is 446 g/mol. The van der Waals surface area contributed by atoms with Gasteiger partial charge in [-0.3, -0.25) is 0 Å². The average Bonchev–Trinajstić information content (AvgIpc) is 2.74. The topological polar surface area (TPSA) is 102 Å². The van der Waals surface area contributed by atoms with Crippen LogP contribution in [0.2, 0.25) is 0 Å². The Morgan fingerprint density at radius 3 is 2.37 bits per heavy atom. The van der Waals surface area contributed by atoms with E-state index in [2.05, 4.69) is 10.6 Å². The van der Waals surface area contributed by atoms with Crippen molar-refractivity contribution in [1.82, 2.24) is 10.6 Å². The Kier molecular flexibility index (Phi) is 6.84. The summed E-state index contributed by atoms with van der Waals surface area (Å²) in [6.45, 7) is 1.78. The molecule has 1 aliphatic rings. The van der Waals surface area contributed by atoms with Crippen LogP contribution in [0.5, 0.6) is 0 Å². The first-order valence-electron chi connectivity index (χ1n) is 9.25. The van der Waals surface area contributed by atoms with Crippen LogP contribution in [0, 0.1) is 0 Å². The van der Waals surface area contributed by atoms with Crippen LogP contribution in [0.3, 0.4) is 0 Å². The highest BCUT2D eigenvalue weighted by molar-refractivity contribution is 7.98. The second kappa shape index (κ2) is 9.36. The molecule has 0 aromatic heterocycles. The SMILES string of the molecule is CCOC(=O)C1=C(CS(=O)(=O)c2ccccc2)NC(=O)N[C@H]1c1ccc(SC)cc1. The van der Waals surface area contributed by atoms with Crippen LogP contribution in [0.15, 0.2) is 75.7 Å².